The Bertz CT molecular complexity index is 563. The average Bonchev–Trinajstić information content (AvgIpc) is 2.24. The van der Waals surface area contributed by atoms with Gasteiger partial charge >= 0.3 is 0 Å². The maximum absolute atomic E-state index is 13.6. The molecule has 0 aliphatic heterocycles. The number of hydrogen-bond acceptors (Lipinski definition) is 1. The molecule has 2 rings (SSSR count). The molecule has 1 N–H and O–H groups in total. The van der Waals surface area contributed by atoms with Crippen LogP contribution in [0.4, 0.5) is 10.1 Å². The molecule has 2 aromatic carbocycles. The second kappa shape index (κ2) is 3.93. The zero-order chi connectivity index (χ0) is 11.7. The van der Waals surface area contributed by atoms with Crippen LogP contribution >= 0.6 is 0 Å². The maximum atomic E-state index is 13.6. The van der Waals surface area contributed by atoms with Crippen LogP contribution in [0.15, 0.2) is 30.3 Å². The number of amides is 1. The molecule has 0 spiro atoms. The van der Waals surface area contributed by atoms with E-state index in [9.17, 15) is 9.18 Å². The van der Waals surface area contributed by atoms with Crippen molar-refractivity contribution in [1.82, 2.24) is 0 Å². The predicted octanol–water partition coefficient (Wildman–Crippen LogP) is 3.25. The third-order valence-electron chi connectivity index (χ3n) is 2.55. The van der Waals surface area contributed by atoms with Gasteiger partial charge in [0.05, 0.1) is 5.69 Å². The molecule has 0 heterocycles. The van der Waals surface area contributed by atoms with Crippen LogP contribution in [0.25, 0.3) is 10.8 Å². The van der Waals surface area contributed by atoms with Gasteiger partial charge in [0, 0.05) is 17.9 Å². The van der Waals surface area contributed by atoms with Gasteiger partial charge in [0.2, 0.25) is 5.91 Å². The van der Waals surface area contributed by atoms with Crippen molar-refractivity contribution in [2.24, 2.45) is 0 Å². The monoisotopic (exact) mass is 217 g/mol. The summed E-state index contributed by atoms with van der Waals surface area (Å²) in [5.74, 6) is -0.499. The molecule has 0 aromatic heterocycles. The van der Waals surface area contributed by atoms with E-state index in [1.54, 1.807) is 6.92 Å². The van der Waals surface area contributed by atoms with Gasteiger partial charge in [0.15, 0.2) is 0 Å². The molecule has 0 aliphatic rings. The van der Waals surface area contributed by atoms with Crippen molar-refractivity contribution < 1.29 is 9.18 Å². The zero-order valence-corrected chi connectivity index (χ0v) is 9.17. The normalized spacial score (nSPS) is 10.4. The van der Waals surface area contributed by atoms with Crippen molar-refractivity contribution in [3.05, 3.63) is 41.7 Å². The van der Waals surface area contributed by atoms with Gasteiger partial charge in [-0.15, -0.1) is 0 Å². The number of halogens is 1. The van der Waals surface area contributed by atoms with Gasteiger partial charge in [-0.2, -0.15) is 0 Å². The van der Waals surface area contributed by atoms with E-state index >= 15 is 0 Å². The van der Waals surface area contributed by atoms with E-state index in [1.807, 2.05) is 24.3 Å². The molecule has 1 amide bonds. The van der Waals surface area contributed by atoms with Crippen LogP contribution in [0.2, 0.25) is 0 Å². The number of benzene rings is 2. The van der Waals surface area contributed by atoms with Crippen LogP contribution in [0.5, 0.6) is 0 Å². The lowest BCUT2D eigenvalue weighted by Crippen LogP contribution is -2.08. The van der Waals surface area contributed by atoms with Crippen molar-refractivity contribution in [2.75, 3.05) is 5.32 Å². The summed E-state index contributed by atoms with van der Waals surface area (Å²) in [5.41, 5.74) is 1.03. The molecule has 0 radical (unpaired) electrons. The maximum Gasteiger partial charge on any atom is 0.221 e. The van der Waals surface area contributed by atoms with Gasteiger partial charge in [0.25, 0.3) is 0 Å². The van der Waals surface area contributed by atoms with E-state index < -0.39 is 0 Å². The fraction of sp³-hybridized carbons (Fsp3) is 0.154. The number of carbonyl (C=O) groups is 1. The second-order valence-electron chi connectivity index (χ2n) is 3.76. The van der Waals surface area contributed by atoms with Crippen LogP contribution in [0.3, 0.4) is 0 Å². The third kappa shape index (κ3) is 1.76. The topological polar surface area (TPSA) is 29.1 Å². The summed E-state index contributed by atoms with van der Waals surface area (Å²) in [6, 6.07) is 8.88. The van der Waals surface area contributed by atoms with Gasteiger partial charge in [-0.1, -0.05) is 24.3 Å². The third-order valence-corrected chi connectivity index (χ3v) is 2.55. The number of anilines is 1. The van der Waals surface area contributed by atoms with E-state index in [-0.39, 0.29) is 11.7 Å². The van der Waals surface area contributed by atoms with Gasteiger partial charge in [-0.3, -0.25) is 4.79 Å². The van der Waals surface area contributed by atoms with Crippen LogP contribution in [0.1, 0.15) is 12.5 Å². The van der Waals surface area contributed by atoms with Crippen LogP contribution in [0, 0.1) is 12.7 Å². The quantitative estimate of drug-likeness (QED) is 0.780. The SMILES string of the molecule is CC(=O)Nc1c(C)c(F)cc2ccccc12. The van der Waals surface area contributed by atoms with E-state index in [1.165, 1.54) is 13.0 Å². The molecule has 0 atom stereocenters. The van der Waals surface area contributed by atoms with Crippen molar-refractivity contribution in [3.63, 3.8) is 0 Å². The Kier molecular flexibility index (Phi) is 2.60. The van der Waals surface area contributed by atoms with Crippen LogP contribution in [-0.2, 0) is 4.79 Å². The first-order valence-electron chi connectivity index (χ1n) is 5.05. The van der Waals surface area contributed by atoms with Crippen LogP contribution < -0.4 is 5.32 Å². The lowest BCUT2D eigenvalue weighted by Gasteiger charge is -2.11. The summed E-state index contributed by atoms with van der Waals surface area (Å²) in [7, 11) is 0. The molecule has 0 bridgehead atoms. The molecule has 2 aromatic rings. The van der Waals surface area contributed by atoms with Gasteiger partial charge in [0.1, 0.15) is 5.82 Å². The Labute approximate surface area is 93.1 Å². The minimum Gasteiger partial charge on any atom is -0.325 e. The van der Waals surface area contributed by atoms with Crippen molar-refractivity contribution >= 4 is 22.4 Å². The molecule has 0 fully saturated rings. The van der Waals surface area contributed by atoms with E-state index in [0.717, 1.165) is 10.8 Å². The average molecular weight is 217 g/mol. The highest BCUT2D eigenvalue weighted by Crippen LogP contribution is 2.29. The highest BCUT2D eigenvalue weighted by molar-refractivity contribution is 6.02. The van der Waals surface area contributed by atoms with Crippen molar-refractivity contribution in [1.29, 1.82) is 0 Å². The number of fused-ring (bicyclic) bond motifs is 1. The Morgan fingerprint density at radius 3 is 2.69 bits per heavy atom. The number of nitrogens with one attached hydrogen (secondary N) is 1. The largest absolute Gasteiger partial charge is 0.325 e. The first kappa shape index (κ1) is 10.6. The van der Waals surface area contributed by atoms with Crippen LogP contribution in [-0.4, -0.2) is 5.91 Å². The molecule has 2 nitrogen and oxygen atoms in total. The summed E-state index contributed by atoms with van der Waals surface area (Å²) >= 11 is 0. The fourth-order valence-electron chi connectivity index (χ4n) is 1.75. The van der Waals surface area contributed by atoms with Crippen molar-refractivity contribution in [3.8, 4) is 0 Å². The summed E-state index contributed by atoms with van der Waals surface area (Å²) in [6.07, 6.45) is 0. The minimum atomic E-state index is -0.303. The lowest BCUT2D eigenvalue weighted by molar-refractivity contribution is -0.114. The molecule has 0 unspecified atom stereocenters. The van der Waals surface area contributed by atoms with E-state index in [2.05, 4.69) is 5.32 Å². The summed E-state index contributed by atoms with van der Waals surface area (Å²) in [6.45, 7) is 3.08. The Morgan fingerprint density at radius 1 is 1.31 bits per heavy atom. The van der Waals surface area contributed by atoms with Gasteiger partial charge in [-0.25, -0.2) is 4.39 Å². The molecule has 3 heteroatoms. The number of rotatable bonds is 1. The van der Waals surface area contributed by atoms with Gasteiger partial charge in [-0.05, 0) is 18.4 Å². The first-order valence-corrected chi connectivity index (χ1v) is 5.05. The molecule has 0 aliphatic carbocycles. The number of carbonyl (C=O) groups excluding carboxylic acids is 1. The fourth-order valence-corrected chi connectivity index (χ4v) is 1.75. The number of hydrogen-bond donors (Lipinski definition) is 1. The molecule has 16 heavy (non-hydrogen) atoms. The second-order valence-corrected chi connectivity index (χ2v) is 3.76. The standard InChI is InChI=1S/C13H12FNO/c1-8-12(14)7-10-5-3-4-6-11(10)13(8)15-9(2)16/h3-7H,1-2H3,(H,15,16). The van der Waals surface area contributed by atoms with Gasteiger partial charge < -0.3 is 5.32 Å². The highest BCUT2D eigenvalue weighted by Gasteiger charge is 2.10. The Balaban J connectivity index is 2.76. The first-order chi connectivity index (χ1) is 7.59. The minimum absolute atomic E-state index is 0.196. The summed E-state index contributed by atoms with van der Waals surface area (Å²) in [4.78, 5) is 11.1. The Morgan fingerprint density at radius 2 is 2.00 bits per heavy atom. The summed E-state index contributed by atoms with van der Waals surface area (Å²) in [5, 5.41) is 4.32. The van der Waals surface area contributed by atoms with E-state index in [0.29, 0.717) is 11.3 Å². The predicted molar refractivity (Wildman–Crippen MR) is 62.9 cm³/mol. The molecule has 0 saturated carbocycles. The zero-order valence-electron chi connectivity index (χ0n) is 9.17. The Hall–Kier alpha value is -1.90. The summed E-state index contributed by atoms with van der Waals surface area (Å²) < 4.78 is 13.6. The van der Waals surface area contributed by atoms with Crippen molar-refractivity contribution in [2.45, 2.75) is 13.8 Å². The smallest absolute Gasteiger partial charge is 0.221 e. The van der Waals surface area contributed by atoms with E-state index in [4.69, 9.17) is 0 Å². The molecular formula is C13H12FNO. The lowest BCUT2D eigenvalue weighted by atomic mass is 10.0. The highest BCUT2D eigenvalue weighted by atomic mass is 19.1. The molecule has 0 saturated heterocycles. The molecular weight excluding hydrogens is 205 g/mol. The molecule has 82 valence electrons.